The van der Waals surface area contributed by atoms with Crippen molar-refractivity contribution < 1.29 is 4.39 Å². The molecule has 0 bridgehead atoms. The van der Waals surface area contributed by atoms with Crippen molar-refractivity contribution in [3.05, 3.63) is 59.9 Å². The standard InChI is InChI=1S/C21H28FN5/c1-23-21(24-14-16-9-10-20(26(2)3)19(22)13-16)25-17-11-12-27(15-17)18-7-5-4-6-8-18/h4-10,13,17H,11-12,14-15H2,1-3H3,(H2,23,24,25). The molecule has 0 radical (unpaired) electrons. The number of nitrogens with one attached hydrogen (secondary N) is 2. The summed E-state index contributed by atoms with van der Waals surface area (Å²) >= 11 is 0. The van der Waals surface area contributed by atoms with Crippen molar-refractivity contribution in [2.75, 3.05) is 44.0 Å². The number of halogens is 1. The van der Waals surface area contributed by atoms with E-state index in [2.05, 4.69) is 44.8 Å². The third kappa shape index (κ3) is 4.90. The molecule has 1 heterocycles. The van der Waals surface area contributed by atoms with Crippen molar-refractivity contribution in [1.29, 1.82) is 0 Å². The molecule has 2 N–H and O–H groups in total. The van der Waals surface area contributed by atoms with Gasteiger partial charge < -0.3 is 20.4 Å². The number of benzene rings is 2. The van der Waals surface area contributed by atoms with E-state index in [1.807, 2.05) is 26.2 Å². The molecule has 5 nitrogen and oxygen atoms in total. The Morgan fingerprint density at radius 3 is 2.67 bits per heavy atom. The maximum atomic E-state index is 14.1. The molecule has 6 heteroatoms. The Morgan fingerprint density at radius 2 is 2.00 bits per heavy atom. The number of hydrogen-bond acceptors (Lipinski definition) is 3. The second-order valence-corrected chi connectivity index (χ2v) is 7.02. The Balaban J connectivity index is 1.52. The minimum absolute atomic E-state index is 0.212. The number of rotatable bonds is 5. The highest BCUT2D eigenvalue weighted by molar-refractivity contribution is 5.80. The lowest BCUT2D eigenvalue weighted by atomic mass is 10.2. The van der Waals surface area contributed by atoms with Gasteiger partial charge in [0.25, 0.3) is 0 Å². The first kappa shape index (κ1) is 19.0. The summed E-state index contributed by atoms with van der Waals surface area (Å²) in [7, 11) is 5.43. The summed E-state index contributed by atoms with van der Waals surface area (Å²) in [5.41, 5.74) is 2.73. The van der Waals surface area contributed by atoms with Gasteiger partial charge in [0.1, 0.15) is 5.82 Å². The lowest BCUT2D eigenvalue weighted by Crippen LogP contribution is -2.44. The van der Waals surface area contributed by atoms with Gasteiger partial charge >= 0.3 is 0 Å². The van der Waals surface area contributed by atoms with Crippen molar-refractivity contribution in [3.8, 4) is 0 Å². The molecule has 27 heavy (non-hydrogen) atoms. The second-order valence-electron chi connectivity index (χ2n) is 7.02. The van der Waals surface area contributed by atoms with Crippen LogP contribution in [0.3, 0.4) is 0 Å². The van der Waals surface area contributed by atoms with Crippen LogP contribution in [0.5, 0.6) is 0 Å². The molecule has 0 aromatic heterocycles. The van der Waals surface area contributed by atoms with Gasteiger partial charge in [-0.2, -0.15) is 0 Å². The number of hydrogen-bond donors (Lipinski definition) is 2. The molecule has 0 amide bonds. The summed E-state index contributed by atoms with van der Waals surface area (Å²) in [5.74, 6) is 0.531. The topological polar surface area (TPSA) is 42.9 Å². The summed E-state index contributed by atoms with van der Waals surface area (Å²) in [6, 6.07) is 16.1. The Hall–Kier alpha value is -2.76. The highest BCUT2D eigenvalue weighted by Crippen LogP contribution is 2.20. The van der Waals surface area contributed by atoms with Crippen molar-refractivity contribution >= 4 is 17.3 Å². The van der Waals surface area contributed by atoms with Crippen molar-refractivity contribution in [2.24, 2.45) is 4.99 Å². The molecular weight excluding hydrogens is 341 g/mol. The first-order chi connectivity index (χ1) is 13.1. The molecule has 0 aliphatic carbocycles. The maximum Gasteiger partial charge on any atom is 0.191 e. The minimum Gasteiger partial charge on any atom is -0.375 e. The van der Waals surface area contributed by atoms with Gasteiger partial charge in [-0.3, -0.25) is 4.99 Å². The molecule has 2 aromatic rings. The van der Waals surface area contributed by atoms with Gasteiger partial charge in [0, 0.05) is 52.5 Å². The van der Waals surface area contributed by atoms with E-state index in [0.29, 0.717) is 18.3 Å². The normalized spacial score (nSPS) is 17.1. The fraction of sp³-hybridized carbons (Fsp3) is 0.381. The molecule has 1 aliphatic rings. The smallest absolute Gasteiger partial charge is 0.191 e. The van der Waals surface area contributed by atoms with Gasteiger partial charge in [0.15, 0.2) is 5.96 Å². The highest BCUT2D eigenvalue weighted by atomic mass is 19.1. The average Bonchev–Trinajstić information content (AvgIpc) is 3.14. The third-order valence-electron chi connectivity index (χ3n) is 4.83. The summed E-state index contributed by atoms with van der Waals surface area (Å²) in [6.07, 6.45) is 1.06. The molecular formula is C21H28FN5. The van der Waals surface area contributed by atoms with Gasteiger partial charge in [0.05, 0.1) is 5.69 Å². The maximum absolute atomic E-state index is 14.1. The van der Waals surface area contributed by atoms with Gasteiger partial charge in [-0.15, -0.1) is 0 Å². The Bertz CT molecular complexity index is 775. The van der Waals surface area contributed by atoms with Crippen molar-refractivity contribution in [1.82, 2.24) is 10.6 Å². The summed E-state index contributed by atoms with van der Waals surface area (Å²) < 4.78 is 14.1. The van der Waals surface area contributed by atoms with Crippen LogP contribution in [0, 0.1) is 5.82 Å². The molecule has 2 aromatic carbocycles. The summed E-state index contributed by atoms with van der Waals surface area (Å²) in [5, 5.41) is 6.76. The predicted molar refractivity (Wildman–Crippen MR) is 111 cm³/mol. The summed E-state index contributed by atoms with van der Waals surface area (Å²) in [4.78, 5) is 8.45. The minimum atomic E-state index is -0.212. The van der Waals surface area contributed by atoms with E-state index in [9.17, 15) is 4.39 Å². The monoisotopic (exact) mass is 369 g/mol. The SMILES string of the molecule is CN=C(NCc1ccc(N(C)C)c(F)c1)NC1CCN(c2ccccc2)C1. The fourth-order valence-corrected chi connectivity index (χ4v) is 3.35. The molecule has 1 saturated heterocycles. The third-order valence-corrected chi connectivity index (χ3v) is 4.83. The van der Waals surface area contributed by atoms with Crippen LogP contribution in [0.25, 0.3) is 0 Å². The van der Waals surface area contributed by atoms with Crippen LogP contribution in [0.2, 0.25) is 0 Å². The van der Waals surface area contributed by atoms with Crippen LogP contribution < -0.4 is 20.4 Å². The number of nitrogens with zero attached hydrogens (tertiary/aromatic N) is 3. The van der Waals surface area contributed by atoms with E-state index in [1.165, 1.54) is 5.69 Å². The summed E-state index contributed by atoms with van der Waals surface area (Å²) in [6.45, 7) is 2.49. The fourth-order valence-electron chi connectivity index (χ4n) is 3.35. The van der Waals surface area contributed by atoms with Crippen LogP contribution in [0.1, 0.15) is 12.0 Å². The largest absolute Gasteiger partial charge is 0.375 e. The number of anilines is 2. The Labute approximate surface area is 160 Å². The van der Waals surface area contributed by atoms with Crippen LogP contribution in [-0.2, 0) is 6.54 Å². The van der Waals surface area contributed by atoms with E-state index < -0.39 is 0 Å². The van der Waals surface area contributed by atoms with Gasteiger partial charge in [0.2, 0.25) is 0 Å². The quantitative estimate of drug-likeness (QED) is 0.628. The van der Waals surface area contributed by atoms with Crippen molar-refractivity contribution in [2.45, 2.75) is 19.0 Å². The highest BCUT2D eigenvalue weighted by Gasteiger charge is 2.23. The molecule has 1 unspecified atom stereocenters. The van der Waals surface area contributed by atoms with Crippen LogP contribution in [0.15, 0.2) is 53.5 Å². The van der Waals surface area contributed by atoms with Crippen LogP contribution in [-0.4, -0.2) is 46.2 Å². The zero-order chi connectivity index (χ0) is 19.2. The molecule has 3 rings (SSSR count). The predicted octanol–water partition coefficient (Wildman–Crippen LogP) is 2.84. The molecule has 0 saturated carbocycles. The van der Waals surface area contributed by atoms with Gasteiger partial charge in [-0.1, -0.05) is 24.3 Å². The number of para-hydroxylation sites is 1. The number of guanidine groups is 1. The first-order valence-corrected chi connectivity index (χ1v) is 9.29. The van der Waals surface area contributed by atoms with Crippen LogP contribution >= 0.6 is 0 Å². The van der Waals surface area contributed by atoms with E-state index >= 15 is 0 Å². The zero-order valence-electron chi connectivity index (χ0n) is 16.2. The Morgan fingerprint density at radius 1 is 1.22 bits per heavy atom. The molecule has 1 atom stereocenters. The lowest BCUT2D eigenvalue weighted by Gasteiger charge is -2.20. The lowest BCUT2D eigenvalue weighted by molar-refractivity contribution is 0.621. The molecule has 1 fully saturated rings. The van der Waals surface area contributed by atoms with Gasteiger partial charge in [-0.05, 0) is 36.2 Å². The van der Waals surface area contributed by atoms with Crippen LogP contribution in [0.4, 0.5) is 15.8 Å². The van der Waals surface area contributed by atoms with Gasteiger partial charge in [-0.25, -0.2) is 4.39 Å². The first-order valence-electron chi connectivity index (χ1n) is 9.29. The van der Waals surface area contributed by atoms with E-state index in [4.69, 9.17) is 0 Å². The van der Waals surface area contributed by atoms with Crippen molar-refractivity contribution in [3.63, 3.8) is 0 Å². The molecule has 0 spiro atoms. The molecule has 1 aliphatic heterocycles. The average molecular weight is 369 g/mol. The van der Waals surface area contributed by atoms with E-state index in [0.717, 1.165) is 31.0 Å². The Kier molecular flexibility index (Phi) is 6.16. The second kappa shape index (κ2) is 8.75. The zero-order valence-corrected chi connectivity index (χ0v) is 16.2. The van der Waals surface area contributed by atoms with E-state index in [-0.39, 0.29) is 5.82 Å². The van der Waals surface area contributed by atoms with E-state index in [1.54, 1.807) is 24.1 Å². The molecule has 144 valence electrons. The number of aliphatic imine (C=N–C) groups is 1.